The van der Waals surface area contributed by atoms with Gasteiger partial charge in [-0.25, -0.2) is 4.39 Å². The van der Waals surface area contributed by atoms with Crippen molar-refractivity contribution in [2.75, 3.05) is 20.1 Å². The van der Waals surface area contributed by atoms with Crippen molar-refractivity contribution < 1.29 is 9.18 Å². The number of carbonyl (C=O) groups excluding carboxylic acids is 1. The zero-order chi connectivity index (χ0) is 13.5. The van der Waals surface area contributed by atoms with Gasteiger partial charge in [-0.2, -0.15) is 0 Å². The Morgan fingerprint density at radius 3 is 2.83 bits per heavy atom. The number of hydrogen-bond acceptors (Lipinski definition) is 2. The zero-order valence-corrected chi connectivity index (χ0v) is 11.4. The standard InChI is InChI=1S/C13H18ClFN2O/c1-3-6-16-13(18)9-17(2)8-10-4-5-11(15)7-12(10)14/h4-5,7H,3,6,8-9H2,1-2H3,(H,16,18). The van der Waals surface area contributed by atoms with Crippen LogP contribution in [0, 0.1) is 5.82 Å². The average molecular weight is 273 g/mol. The van der Waals surface area contributed by atoms with Gasteiger partial charge >= 0.3 is 0 Å². The van der Waals surface area contributed by atoms with Gasteiger partial charge in [-0.3, -0.25) is 9.69 Å². The Hall–Kier alpha value is -1.13. The van der Waals surface area contributed by atoms with Gasteiger partial charge in [0.1, 0.15) is 5.82 Å². The van der Waals surface area contributed by atoms with Crippen LogP contribution in [0.3, 0.4) is 0 Å². The predicted molar refractivity (Wildman–Crippen MR) is 71.0 cm³/mol. The minimum atomic E-state index is -0.355. The predicted octanol–water partition coefficient (Wildman–Crippen LogP) is 2.44. The summed E-state index contributed by atoms with van der Waals surface area (Å²) in [5.41, 5.74) is 0.809. The number of rotatable bonds is 6. The lowest BCUT2D eigenvalue weighted by Crippen LogP contribution is -2.35. The fourth-order valence-corrected chi connectivity index (χ4v) is 1.79. The Morgan fingerprint density at radius 2 is 2.22 bits per heavy atom. The van der Waals surface area contributed by atoms with E-state index in [1.165, 1.54) is 12.1 Å². The van der Waals surface area contributed by atoms with Crippen molar-refractivity contribution in [3.8, 4) is 0 Å². The van der Waals surface area contributed by atoms with Gasteiger partial charge in [0.05, 0.1) is 6.54 Å². The first-order valence-electron chi connectivity index (χ1n) is 5.92. The first-order chi connectivity index (χ1) is 8.52. The van der Waals surface area contributed by atoms with E-state index in [4.69, 9.17) is 11.6 Å². The molecule has 0 radical (unpaired) electrons. The van der Waals surface area contributed by atoms with Gasteiger partial charge in [0.25, 0.3) is 0 Å². The summed E-state index contributed by atoms with van der Waals surface area (Å²) < 4.78 is 12.9. The van der Waals surface area contributed by atoms with E-state index in [2.05, 4.69) is 5.32 Å². The molecule has 0 saturated carbocycles. The molecule has 3 nitrogen and oxygen atoms in total. The van der Waals surface area contributed by atoms with E-state index in [0.29, 0.717) is 24.7 Å². The highest BCUT2D eigenvalue weighted by molar-refractivity contribution is 6.31. The maximum atomic E-state index is 12.9. The van der Waals surface area contributed by atoms with Crippen LogP contribution in [-0.2, 0) is 11.3 Å². The summed E-state index contributed by atoms with van der Waals surface area (Å²) in [5.74, 6) is -0.371. The smallest absolute Gasteiger partial charge is 0.234 e. The van der Waals surface area contributed by atoms with Crippen molar-refractivity contribution in [1.29, 1.82) is 0 Å². The highest BCUT2D eigenvalue weighted by Crippen LogP contribution is 2.18. The molecule has 1 N–H and O–H groups in total. The van der Waals surface area contributed by atoms with Gasteiger partial charge in [-0.15, -0.1) is 0 Å². The number of likely N-dealkylation sites (N-methyl/N-ethyl adjacent to an activating group) is 1. The van der Waals surface area contributed by atoms with Crippen molar-refractivity contribution in [3.63, 3.8) is 0 Å². The quantitative estimate of drug-likeness (QED) is 0.863. The van der Waals surface area contributed by atoms with E-state index in [1.54, 1.807) is 6.07 Å². The Balaban J connectivity index is 2.48. The minimum absolute atomic E-state index is 0.0161. The van der Waals surface area contributed by atoms with Gasteiger partial charge in [0.15, 0.2) is 0 Å². The third-order valence-electron chi connectivity index (χ3n) is 2.44. The highest BCUT2D eigenvalue weighted by Gasteiger charge is 2.09. The highest BCUT2D eigenvalue weighted by atomic mass is 35.5. The lowest BCUT2D eigenvalue weighted by atomic mass is 10.2. The molecule has 0 bridgehead atoms. The first kappa shape index (κ1) is 14.9. The Morgan fingerprint density at radius 1 is 1.50 bits per heavy atom. The number of nitrogens with one attached hydrogen (secondary N) is 1. The second-order valence-electron chi connectivity index (χ2n) is 4.26. The molecular weight excluding hydrogens is 255 g/mol. The molecule has 0 spiro atoms. The van der Waals surface area contributed by atoms with Crippen molar-refractivity contribution in [2.45, 2.75) is 19.9 Å². The lowest BCUT2D eigenvalue weighted by molar-refractivity contribution is -0.122. The number of hydrogen-bond donors (Lipinski definition) is 1. The number of halogens is 2. The minimum Gasteiger partial charge on any atom is -0.355 e. The monoisotopic (exact) mass is 272 g/mol. The third-order valence-corrected chi connectivity index (χ3v) is 2.79. The molecule has 1 rings (SSSR count). The number of carbonyl (C=O) groups is 1. The molecule has 1 aromatic rings. The van der Waals surface area contributed by atoms with E-state index in [9.17, 15) is 9.18 Å². The average Bonchev–Trinajstić information content (AvgIpc) is 2.30. The van der Waals surface area contributed by atoms with E-state index >= 15 is 0 Å². The molecule has 1 aromatic carbocycles. The molecule has 0 aliphatic heterocycles. The van der Waals surface area contributed by atoms with E-state index < -0.39 is 0 Å². The van der Waals surface area contributed by atoms with Crippen molar-refractivity contribution in [2.24, 2.45) is 0 Å². The summed E-state index contributed by atoms with van der Waals surface area (Å²) in [6.07, 6.45) is 0.916. The molecule has 18 heavy (non-hydrogen) atoms. The summed E-state index contributed by atoms with van der Waals surface area (Å²) in [5, 5.41) is 3.18. The summed E-state index contributed by atoms with van der Waals surface area (Å²) in [6.45, 7) is 3.50. The van der Waals surface area contributed by atoms with Gasteiger partial charge in [-0.1, -0.05) is 24.6 Å². The summed E-state index contributed by atoms with van der Waals surface area (Å²) in [7, 11) is 1.82. The van der Waals surface area contributed by atoms with E-state index in [-0.39, 0.29) is 11.7 Å². The number of nitrogens with zero attached hydrogens (tertiary/aromatic N) is 1. The maximum Gasteiger partial charge on any atom is 0.234 e. The van der Waals surface area contributed by atoms with Crippen LogP contribution in [0.4, 0.5) is 4.39 Å². The Kier molecular flexibility index (Phi) is 6.09. The van der Waals surface area contributed by atoms with Crippen LogP contribution in [0.5, 0.6) is 0 Å². The molecular formula is C13H18ClFN2O. The molecule has 0 aromatic heterocycles. The third kappa shape index (κ3) is 5.02. The van der Waals surface area contributed by atoms with Gasteiger partial charge in [-0.05, 0) is 31.2 Å². The molecule has 0 saturated heterocycles. The molecule has 0 unspecified atom stereocenters. The fourth-order valence-electron chi connectivity index (χ4n) is 1.56. The fraction of sp³-hybridized carbons (Fsp3) is 0.462. The molecule has 0 fully saturated rings. The topological polar surface area (TPSA) is 32.3 Å². The molecule has 0 heterocycles. The first-order valence-corrected chi connectivity index (χ1v) is 6.30. The van der Waals surface area contributed by atoms with E-state index in [1.807, 2.05) is 18.9 Å². The largest absolute Gasteiger partial charge is 0.355 e. The van der Waals surface area contributed by atoms with Crippen molar-refractivity contribution >= 4 is 17.5 Å². The van der Waals surface area contributed by atoms with Crippen molar-refractivity contribution in [3.05, 3.63) is 34.6 Å². The summed E-state index contributed by atoms with van der Waals surface area (Å²) in [4.78, 5) is 13.3. The van der Waals surface area contributed by atoms with Crippen molar-refractivity contribution in [1.82, 2.24) is 10.2 Å². The normalized spacial score (nSPS) is 10.7. The molecule has 0 aliphatic carbocycles. The number of benzene rings is 1. The summed E-state index contributed by atoms with van der Waals surface area (Å²) >= 11 is 5.93. The van der Waals surface area contributed by atoms with Crippen LogP contribution >= 0.6 is 11.6 Å². The Labute approximate surface area is 112 Å². The van der Waals surface area contributed by atoms with E-state index in [0.717, 1.165) is 12.0 Å². The zero-order valence-electron chi connectivity index (χ0n) is 10.7. The Bertz CT molecular complexity index is 412. The van der Waals surface area contributed by atoms with Crippen LogP contribution in [-0.4, -0.2) is 30.9 Å². The number of amides is 1. The summed E-state index contributed by atoms with van der Waals surface area (Å²) in [6, 6.07) is 4.28. The molecule has 100 valence electrons. The van der Waals surface area contributed by atoms with Gasteiger partial charge in [0.2, 0.25) is 5.91 Å². The second-order valence-corrected chi connectivity index (χ2v) is 4.67. The van der Waals surface area contributed by atoms with Crippen LogP contribution in [0.1, 0.15) is 18.9 Å². The van der Waals surface area contributed by atoms with Gasteiger partial charge in [0, 0.05) is 18.1 Å². The maximum absolute atomic E-state index is 12.9. The van der Waals surface area contributed by atoms with Crippen LogP contribution < -0.4 is 5.32 Å². The molecule has 5 heteroatoms. The molecule has 0 aliphatic rings. The molecule has 0 atom stereocenters. The second kappa shape index (κ2) is 7.34. The van der Waals surface area contributed by atoms with Crippen LogP contribution in [0.15, 0.2) is 18.2 Å². The van der Waals surface area contributed by atoms with Crippen LogP contribution in [0.25, 0.3) is 0 Å². The lowest BCUT2D eigenvalue weighted by Gasteiger charge is -2.17. The van der Waals surface area contributed by atoms with Crippen LogP contribution in [0.2, 0.25) is 5.02 Å². The van der Waals surface area contributed by atoms with Gasteiger partial charge < -0.3 is 5.32 Å². The SMILES string of the molecule is CCCNC(=O)CN(C)Cc1ccc(F)cc1Cl. The molecule has 1 amide bonds.